The Balaban J connectivity index is 2.14. The van der Waals surface area contributed by atoms with Crippen LogP contribution in [0.5, 0.6) is 5.75 Å². The van der Waals surface area contributed by atoms with Crippen molar-refractivity contribution in [3.63, 3.8) is 0 Å². The normalized spacial score (nSPS) is 10.2. The van der Waals surface area contributed by atoms with Crippen LogP contribution in [0.25, 0.3) is 0 Å². The summed E-state index contributed by atoms with van der Waals surface area (Å²) in [6.07, 6.45) is 0.121. The summed E-state index contributed by atoms with van der Waals surface area (Å²) in [4.78, 5) is 0. The summed E-state index contributed by atoms with van der Waals surface area (Å²) in [5.41, 5.74) is 1.63. The van der Waals surface area contributed by atoms with Crippen molar-refractivity contribution < 1.29 is 9.13 Å². The maximum atomic E-state index is 13.3. The Hall–Kier alpha value is -2.54. The molecule has 2 aromatic carbocycles. The monoisotopic (exact) mass is 270 g/mol. The van der Waals surface area contributed by atoms with Crippen molar-refractivity contribution in [1.29, 1.82) is 5.26 Å². The molecule has 0 aliphatic rings. The van der Waals surface area contributed by atoms with Gasteiger partial charge < -0.3 is 10.1 Å². The zero-order valence-corrected chi connectivity index (χ0v) is 11.4. The molecule has 0 bridgehead atoms. The third-order valence-corrected chi connectivity index (χ3v) is 2.54. The summed E-state index contributed by atoms with van der Waals surface area (Å²) in [5.74, 6) is 0.341. The number of nitrogens with zero attached hydrogens (tertiary/aromatic N) is 1. The number of nitrogens with one attached hydrogen (secondary N) is 1. The van der Waals surface area contributed by atoms with Gasteiger partial charge in [-0.15, -0.1) is 0 Å². The lowest BCUT2D eigenvalue weighted by Gasteiger charge is -2.11. The summed E-state index contributed by atoms with van der Waals surface area (Å²) >= 11 is 0. The second-order valence-corrected chi connectivity index (χ2v) is 4.66. The standard InChI is InChI=1S/C16H15FN2O/c1-11(2)20-16-5-3-14(4-6-16)19-15-8-12(10-18)7-13(17)9-15/h3-9,11,19H,1-2H3. The lowest BCUT2D eigenvalue weighted by molar-refractivity contribution is 0.242. The fourth-order valence-electron chi connectivity index (χ4n) is 1.78. The molecule has 0 unspecified atom stereocenters. The predicted octanol–water partition coefficient (Wildman–Crippen LogP) is 4.23. The minimum Gasteiger partial charge on any atom is -0.491 e. The van der Waals surface area contributed by atoms with Gasteiger partial charge in [-0.3, -0.25) is 0 Å². The van der Waals surface area contributed by atoms with Gasteiger partial charge in [0, 0.05) is 11.4 Å². The molecular formula is C16H15FN2O. The molecule has 0 saturated heterocycles. The van der Waals surface area contributed by atoms with Gasteiger partial charge in [-0.1, -0.05) is 0 Å². The van der Waals surface area contributed by atoms with E-state index >= 15 is 0 Å². The first-order chi connectivity index (χ1) is 9.56. The number of benzene rings is 2. The van der Waals surface area contributed by atoms with Crippen molar-refractivity contribution in [3.05, 3.63) is 53.8 Å². The van der Waals surface area contributed by atoms with Crippen LogP contribution in [0, 0.1) is 17.1 Å². The molecule has 4 heteroatoms. The second-order valence-electron chi connectivity index (χ2n) is 4.66. The lowest BCUT2D eigenvalue weighted by atomic mass is 10.2. The number of anilines is 2. The third-order valence-electron chi connectivity index (χ3n) is 2.54. The van der Waals surface area contributed by atoms with Crippen molar-refractivity contribution in [3.8, 4) is 11.8 Å². The number of nitriles is 1. The summed E-state index contributed by atoms with van der Waals surface area (Å²) in [6.45, 7) is 3.92. The van der Waals surface area contributed by atoms with E-state index in [-0.39, 0.29) is 11.7 Å². The summed E-state index contributed by atoms with van der Waals surface area (Å²) in [7, 11) is 0. The Morgan fingerprint density at radius 1 is 1.10 bits per heavy atom. The highest BCUT2D eigenvalue weighted by Gasteiger charge is 2.02. The first kappa shape index (κ1) is 13.9. The summed E-state index contributed by atoms with van der Waals surface area (Å²) in [5, 5.41) is 11.9. The van der Waals surface area contributed by atoms with Gasteiger partial charge in [0.2, 0.25) is 0 Å². The van der Waals surface area contributed by atoms with Crippen LogP contribution in [0.1, 0.15) is 19.4 Å². The molecule has 0 amide bonds. The quantitative estimate of drug-likeness (QED) is 0.904. The van der Waals surface area contributed by atoms with Gasteiger partial charge in [-0.05, 0) is 56.3 Å². The van der Waals surface area contributed by atoms with Crippen molar-refractivity contribution >= 4 is 11.4 Å². The van der Waals surface area contributed by atoms with E-state index in [0.29, 0.717) is 5.69 Å². The Kier molecular flexibility index (Phi) is 4.21. The Morgan fingerprint density at radius 2 is 1.80 bits per heavy atom. The molecular weight excluding hydrogens is 255 g/mol. The van der Waals surface area contributed by atoms with Crippen LogP contribution in [0.2, 0.25) is 0 Å². The molecule has 0 atom stereocenters. The fourth-order valence-corrected chi connectivity index (χ4v) is 1.78. The first-order valence-electron chi connectivity index (χ1n) is 6.31. The summed E-state index contributed by atoms with van der Waals surface area (Å²) < 4.78 is 18.9. The number of hydrogen-bond acceptors (Lipinski definition) is 3. The average molecular weight is 270 g/mol. The average Bonchev–Trinajstić information content (AvgIpc) is 2.39. The van der Waals surface area contributed by atoms with Crippen LogP contribution in [0.4, 0.5) is 15.8 Å². The van der Waals surface area contributed by atoms with Crippen LogP contribution in [0.15, 0.2) is 42.5 Å². The smallest absolute Gasteiger partial charge is 0.126 e. The minimum atomic E-state index is -0.439. The number of halogens is 1. The van der Waals surface area contributed by atoms with Crippen LogP contribution in [0.3, 0.4) is 0 Å². The number of rotatable bonds is 4. The molecule has 0 radical (unpaired) electrons. The molecule has 0 fully saturated rings. The van der Waals surface area contributed by atoms with Crippen molar-refractivity contribution in [2.45, 2.75) is 20.0 Å². The molecule has 3 nitrogen and oxygen atoms in total. The zero-order chi connectivity index (χ0) is 14.5. The lowest BCUT2D eigenvalue weighted by Crippen LogP contribution is -2.05. The maximum Gasteiger partial charge on any atom is 0.126 e. The third kappa shape index (κ3) is 3.72. The maximum absolute atomic E-state index is 13.3. The molecule has 1 N–H and O–H groups in total. The van der Waals surface area contributed by atoms with E-state index in [1.807, 2.05) is 44.2 Å². The van der Waals surface area contributed by atoms with Crippen LogP contribution >= 0.6 is 0 Å². The highest BCUT2D eigenvalue weighted by Crippen LogP contribution is 2.22. The van der Waals surface area contributed by atoms with Gasteiger partial charge in [0.05, 0.1) is 17.7 Å². The highest BCUT2D eigenvalue weighted by atomic mass is 19.1. The van der Waals surface area contributed by atoms with E-state index in [0.717, 1.165) is 11.4 Å². The fraction of sp³-hybridized carbons (Fsp3) is 0.188. The molecule has 0 heterocycles. The first-order valence-corrected chi connectivity index (χ1v) is 6.31. The molecule has 0 aromatic heterocycles. The molecule has 20 heavy (non-hydrogen) atoms. The van der Waals surface area contributed by atoms with Crippen molar-refractivity contribution in [2.24, 2.45) is 0 Å². The molecule has 0 aliphatic heterocycles. The largest absolute Gasteiger partial charge is 0.491 e. The number of ether oxygens (including phenoxy) is 1. The SMILES string of the molecule is CC(C)Oc1ccc(Nc2cc(F)cc(C#N)c2)cc1. The van der Waals surface area contributed by atoms with E-state index in [2.05, 4.69) is 5.32 Å². The Bertz CT molecular complexity index is 630. The molecule has 0 spiro atoms. The van der Waals surface area contributed by atoms with Gasteiger partial charge in [0.25, 0.3) is 0 Å². The molecule has 2 aromatic rings. The van der Waals surface area contributed by atoms with Gasteiger partial charge in [-0.25, -0.2) is 4.39 Å². The number of hydrogen-bond donors (Lipinski definition) is 1. The van der Waals surface area contributed by atoms with E-state index < -0.39 is 5.82 Å². The van der Waals surface area contributed by atoms with Gasteiger partial charge in [0.1, 0.15) is 11.6 Å². The van der Waals surface area contributed by atoms with Gasteiger partial charge in [0.15, 0.2) is 0 Å². The minimum absolute atomic E-state index is 0.121. The zero-order valence-electron chi connectivity index (χ0n) is 11.4. The van der Waals surface area contributed by atoms with Gasteiger partial charge in [-0.2, -0.15) is 5.26 Å². The van der Waals surface area contributed by atoms with E-state index in [1.54, 1.807) is 6.07 Å². The van der Waals surface area contributed by atoms with E-state index in [4.69, 9.17) is 10.00 Å². The van der Waals surface area contributed by atoms with Gasteiger partial charge >= 0.3 is 0 Å². The van der Waals surface area contributed by atoms with Crippen LogP contribution in [-0.4, -0.2) is 6.10 Å². The topological polar surface area (TPSA) is 45.0 Å². The van der Waals surface area contributed by atoms with E-state index in [1.165, 1.54) is 12.1 Å². The predicted molar refractivity (Wildman–Crippen MR) is 76.6 cm³/mol. The van der Waals surface area contributed by atoms with Crippen molar-refractivity contribution in [2.75, 3.05) is 5.32 Å². The Morgan fingerprint density at radius 3 is 2.40 bits per heavy atom. The molecule has 2 rings (SSSR count). The Labute approximate surface area is 117 Å². The molecule has 0 aliphatic carbocycles. The van der Waals surface area contributed by atoms with E-state index in [9.17, 15) is 4.39 Å². The molecule has 102 valence electrons. The van der Waals surface area contributed by atoms with Crippen LogP contribution in [-0.2, 0) is 0 Å². The van der Waals surface area contributed by atoms with Crippen molar-refractivity contribution in [1.82, 2.24) is 0 Å². The highest BCUT2D eigenvalue weighted by molar-refractivity contribution is 5.62. The van der Waals surface area contributed by atoms with Crippen LogP contribution < -0.4 is 10.1 Å². The summed E-state index contributed by atoms with van der Waals surface area (Å²) in [6, 6.07) is 13.4. The second kappa shape index (κ2) is 6.07. The molecule has 0 saturated carbocycles.